The van der Waals surface area contributed by atoms with Crippen LogP contribution in [-0.2, 0) is 11.3 Å². The van der Waals surface area contributed by atoms with E-state index in [-0.39, 0.29) is 5.56 Å². The molecular weight excluding hydrogens is 219 g/mol. The first-order valence-electron chi connectivity index (χ1n) is 3.43. The quantitative estimate of drug-likeness (QED) is 0.327. The third kappa shape index (κ3) is 1.95. The third-order valence-electron chi connectivity index (χ3n) is 1.49. The monoisotopic (exact) mass is 221 g/mol. The highest BCUT2D eigenvalue weighted by Crippen LogP contribution is 2.24. The molecule has 0 atom stereocenters. The molecule has 0 unspecified atom stereocenters. The molecule has 0 aromatic heterocycles. The topological polar surface area (TPSA) is 29.4 Å². The van der Waals surface area contributed by atoms with Crippen LogP contribution >= 0.6 is 11.6 Å². The molecular formula is C8H3ClF3NO. The standard InChI is InChI=1S/C8H3ClF3NO/c9-6-5(10)1-4(2-13-3-14)7(11)8(6)12/h1H,2H2. The zero-order chi connectivity index (χ0) is 10.7. The van der Waals surface area contributed by atoms with Crippen molar-refractivity contribution in [1.29, 1.82) is 0 Å². The van der Waals surface area contributed by atoms with Gasteiger partial charge >= 0.3 is 0 Å². The fraction of sp³-hybridized carbons (Fsp3) is 0.125. The van der Waals surface area contributed by atoms with E-state index in [2.05, 4.69) is 4.99 Å². The van der Waals surface area contributed by atoms with E-state index >= 15 is 0 Å². The fourth-order valence-corrected chi connectivity index (χ4v) is 0.992. The van der Waals surface area contributed by atoms with Gasteiger partial charge in [-0.1, -0.05) is 11.6 Å². The number of nitrogens with zero attached hydrogens (tertiary/aromatic N) is 1. The van der Waals surface area contributed by atoms with Gasteiger partial charge < -0.3 is 0 Å². The SMILES string of the molecule is O=C=NCc1cc(F)c(Cl)c(F)c1F. The molecule has 0 heterocycles. The summed E-state index contributed by atoms with van der Waals surface area (Å²) in [6.45, 7) is -0.472. The zero-order valence-corrected chi connectivity index (χ0v) is 7.41. The molecule has 1 rings (SSSR count). The lowest BCUT2D eigenvalue weighted by Gasteiger charge is -2.02. The minimum Gasteiger partial charge on any atom is -0.211 e. The van der Waals surface area contributed by atoms with E-state index in [0.29, 0.717) is 6.07 Å². The zero-order valence-electron chi connectivity index (χ0n) is 6.65. The average Bonchev–Trinajstić information content (AvgIpc) is 2.18. The van der Waals surface area contributed by atoms with Crippen LogP contribution in [0.5, 0.6) is 0 Å². The van der Waals surface area contributed by atoms with Crippen molar-refractivity contribution in [3.63, 3.8) is 0 Å². The molecule has 0 aliphatic heterocycles. The molecule has 0 fully saturated rings. The highest BCUT2D eigenvalue weighted by Gasteiger charge is 2.16. The predicted molar refractivity (Wildman–Crippen MR) is 43.2 cm³/mol. The van der Waals surface area contributed by atoms with Crippen molar-refractivity contribution in [2.75, 3.05) is 0 Å². The molecule has 0 N–H and O–H groups in total. The molecule has 1 aromatic rings. The van der Waals surface area contributed by atoms with Gasteiger partial charge in [0.05, 0.1) is 6.54 Å². The van der Waals surface area contributed by atoms with E-state index in [4.69, 9.17) is 11.6 Å². The van der Waals surface area contributed by atoms with E-state index in [9.17, 15) is 18.0 Å². The number of hydrogen-bond acceptors (Lipinski definition) is 2. The van der Waals surface area contributed by atoms with Gasteiger partial charge in [-0.05, 0) is 6.07 Å². The fourth-order valence-electron chi connectivity index (χ4n) is 0.854. The minimum atomic E-state index is -1.48. The number of aliphatic imine (C=N–C) groups is 1. The van der Waals surface area contributed by atoms with Crippen molar-refractivity contribution in [2.45, 2.75) is 6.54 Å². The Bertz CT molecular complexity index is 416. The lowest BCUT2D eigenvalue weighted by molar-refractivity contribution is 0.485. The van der Waals surface area contributed by atoms with Crippen LogP contribution in [0.3, 0.4) is 0 Å². The molecule has 0 saturated carbocycles. The molecule has 0 bridgehead atoms. The van der Waals surface area contributed by atoms with E-state index < -0.39 is 29.0 Å². The lowest BCUT2D eigenvalue weighted by Crippen LogP contribution is -1.97. The van der Waals surface area contributed by atoms with Gasteiger partial charge in [0.25, 0.3) is 0 Å². The normalized spacial score (nSPS) is 9.71. The van der Waals surface area contributed by atoms with E-state index in [0.717, 1.165) is 6.08 Å². The molecule has 0 saturated heterocycles. The average molecular weight is 222 g/mol. The number of halogens is 4. The highest BCUT2D eigenvalue weighted by atomic mass is 35.5. The predicted octanol–water partition coefficient (Wildman–Crippen LogP) is 2.59. The molecule has 6 heteroatoms. The summed E-state index contributed by atoms with van der Waals surface area (Å²) in [5.74, 6) is -3.89. The van der Waals surface area contributed by atoms with Crippen LogP contribution < -0.4 is 0 Å². The second-order valence-corrected chi connectivity index (χ2v) is 2.74. The second-order valence-electron chi connectivity index (χ2n) is 2.37. The highest BCUT2D eigenvalue weighted by molar-refractivity contribution is 6.30. The van der Waals surface area contributed by atoms with Crippen LogP contribution in [-0.4, -0.2) is 6.08 Å². The van der Waals surface area contributed by atoms with Gasteiger partial charge in [-0.2, -0.15) is 0 Å². The van der Waals surface area contributed by atoms with Gasteiger partial charge in [-0.3, -0.25) is 0 Å². The summed E-state index contributed by atoms with van der Waals surface area (Å²) in [6, 6.07) is 0.682. The number of hydrogen-bond donors (Lipinski definition) is 0. The maximum atomic E-state index is 12.9. The maximum absolute atomic E-state index is 12.9. The molecule has 0 aliphatic carbocycles. The van der Waals surface area contributed by atoms with Crippen LogP contribution in [0.1, 0.15) is 5.56 Å². The molecule has 0 radical (unpaired) electrons. The molecule has 0 aliphatic rings. The van der Waals surface area contributed by atoms with Crippen molar-refractivity contribution in [3.8, 4) is 0 Å². The van der Waals surface area contributed by atoms with Crippen LogP contribution in [0.4, 0.5) is 13.2 Å². The summed E-state index contributed by atoms with van der Waals surface area (Å²) in [5.41, 5.74) is -0.382. The summed E-state index contributed by atoms with van der Waals surface area (Å²) in [4.78, 5) is 12.7. The van der Waals surface area contributed by atoms with Crippen molar-refractivity contribution in [1.82, 2.24) is 0 Å². The van der Waals surface area contributed by atoms with E-state index in [1.807, 2.05) is 0 Å². The Kier molecular flexibility index (Phi) is 3.28. The molecule has 2 nitrogen and oxygen atoms in total. The van der Waals surface area contributed by atoms with Gasteiger partial charge in [-0.25, -0.2) is 23.0 Å². The Hall–Kier alpha value is -1.32. The molecule has 74 valence electrons. The number of isocyanates is 1. The molecule has 14 heavy (non-hydrogen) atoms. The first-order valence-corrected chi connectivity index (χ1v) is 3.81. The Morgan fingerprint density at radius 1 is 1.36 bits per heavy atom. The molecule has 0 amide bonds. The van der Waals surface area contributed by atoms with E-state index in [1.165, 1.54) is 0 Å². The van der Waals surface area contributed by atoms with E-state index in [1.54, 1.807) is 0 Å². The van der Waals surface area contributed by atoms with Crippen molar-refractivity contribution < 1.29 is 18.0 Å². The van der Waals surface area contributed by atoms with Crippen molar-refractivity contribution >= 4 is 17.7 Å². The smallest absolute Gasteiger partial charge is 0.211 e. The van der Waals surface area contributed by atoms with Crippen molar-refractivity contribution in [3.05, 3.63) is 34.1 Å². The first-order chi connectivity index (χ1) is 6.57. The maximum Gasteiger partial charge on any atom is 0.235 e. The summed E-state index contributed by atoms with van der Waals surface area (Å²) in [6.07, 6.45) is 1.13. The van der Waals surface area contributed by atoms with Crippen LogP contribution in [0, 0.1) is 17.5 Å². The lowest BCUT2D eigenvalue weighted by atomic mass is 10.2. The third-order valence-corrected chi connectivity index (χ3v) is 1.84. The van der Waals surface area contributed by atoms with Gasteiger partial charge in [0, 0.05) is 5.56 Å². The van der Waals surface area contributed by atoms with Gasteiger partial charge in [0.15, 0.2) is 11.6 Å². The molecule has 1 aromatic carbocycles. The first kappa shape index (κ1) is 10.8. The summed E-state index contributed by atoms with van der Waals surface area (Å²) < 4.78 is 38.5. The largest absolute Gasteiger partial charge is 0.235 e. The van der Waals surface area contributed by atoms with Crippen LogP contribution in [0.2, 0.25) is 5.02 Å². The second kappa shape index (κ2) is 4.26. The Morgan fingerprint density at radius 2 is 2.00 bits per heavy atom. The number of rotatable bonds is 2. The Morgan fingerprint density at radius 3 is 2.57 bits per heavy atom. The van der Waals surface area contributed by atoms with Crippen molar-refractivity contribution in [2.24, 2.45) is 4.99 Å². The Balaban J connectivity index is 3.25. The van der Waals surface area contributed by atoms with Crippen LogP contribution in [0.15, 0.2) is 11.1 Å². The Labute approximate surface area is 82.0 Å². The minimum absolute atomic E-state index is 0.382. The van der Waals surface area contributed by atoms with Gasteiger partial charge in [-0.15, -0.1) is 0 Å². The molecule has 0 spiro atoms. The summed E-state index contributed by atoms with van der Waals surface area (Å²) in [5, 5.41) is -0.915. The van der Waals surface area contributed by atoms with Gasteiger partial charge in [0.2, 0.25) is 6.08 Å². The van der Waals surface area contributed by atoms with Gasteiger partial charge in [0.1, 0.15) is 10.8 Å². The van der Waals surface area contributed by atoms with Crippen LogP contribution in [0.25, 0.3) is 0 Å². The number of benzene rings is 1. The summed E-state index contributed by atoms with van der Waals surface area (Å²) >= 11 is 5.09. The summed E-state index contributed by atoms with van der Waals surface area (Å²) in [7, 11) is 0. The number of carbonyl (C=O) groups excluding carboxylic acids is 1.